The van der Waals surface area contributed by atoms with Crippen molar-refractivity contribution in [2.24, 2.45) is 0 Å². The predicted octanol–water partition coefficient (Wildman–Crippen LogP) is 2.37. The van der Waals surface area contributed by atoms with Crippen molar-refractivity contribution in [2.75, 3.05) is 31.1 Å². The minimum atomic E-state index is 0.403. The molecule has 1 saturated heterocycles. The third kappa shape index (κ3) is 3.09. The summed E-state index contributed by atoms with van der Waals surface area (Å²) in [4.78, 5) is 18.2. The smallest absolute Gasteiger partial charge is 0.150 e. The Bertz CT molecular complexity index is 620. The lowest BCUT2D eigenvalue weighted by molar-refractivity contribution is 0.198. The van der Waals surface area contributed by atoms with Gasteiger partial charge in [0, 0.05) is 50.8 Å². The summed E-state index contributed by atoms with van der Waals surface area (Å²) in [5.74, 6) is 1.04. The van der Waals surface area contributed by atoms with Gasteiger partial charge in [0.2, 0.25) is 0 Å². The number of hydrogen-bond acceptors (Lipinski definition) is 5. The Morgan fingerprint density at radius 2 is 1.86 bits per heavy atom. The lowest BCUT2D eigenvalue weighted by atomic mass is 10.1. The van der Waals surface area contributed by atoms with Gasteiger partial charge in [0.1, 0.15) is 5.82 Å². The van der Waals surface area contributed by atoms with Crippen LogP contribution in [0.5, 0.6) is 0 Å². The minimum Gasteiger partial charge on any atom is -0.353 e. The van der Waals surface area contributed by atoms with Crippen LogP contribution in [0.2, 0.25) is 0 Å². The highest BCUT2D eigenvalue weighted by Crippen LogP contribution is 2.23. The first-order chi connectivity index (χ1) is 10.6. The van der Waals surface area contributed by atoms with E-state index in [1.165, 1.54) is 5.56 Å². The molecule has 1 fully saturated rings. The standard InChI is InChI=1S/C17H23N5/c1-13-11-19-14(2)17(20-13)22-9-7-21(8-10-22)15(3)16-5-4-6-18-12-16/h4-6,11-12,15H,7-10H2,1-3H3/t15-/m0/s1. The van der Waals surface area contributed by atoms with Gasteiger partial charge in [-0.1, -0.05) is 6.07 Å². The molecule has 0 amide bonds. The van der Waals surface area contributed by atoms with E-state index in [0.29, 0.717) is 6.04 Å². The van der Waals surface area contributed by atoms with Crippen molar-refractivity contribution in [3.8, 4) is 0 Å². The minimum absolute atomic E-state index is 0.403. The van der Waals surface area contributed by atoms with Crippen LogP contribution in [-0.2, 0) is 0 Å². The van der Waals surface area contributed by atoms with E-state index in [1.54, 1.807) is 0 Å². The molecule has 0 aromatic carbocycles. The van der Waals surface area contributed by atoms with Crippen molar-refractivity contribution in [1.29, 1.82) is 0 Å². The van der Waals surface area contributed by atoms with Crippen LogP contribution in [0, 0.1) is 13.8 Å². The third-order valence-electron chi connectivity index (χ3n) is 4.38. The number of nitrogens with zero attached hydrogens (tertiary/aromatic N) is 5. The molecule has 2 aromatic rings. The van der Waals surface area contributed by atoms with E-state index in [2.05, 4.69) is 37.7 Å². The van der Waals surface area contributed by atoms with E-state index >= 15 is 0 Å². The Hall–Kier alpha value is -2.01. The second-order valence-corrected chi connectivity index (χ2v) is 5.91. The molecule has 116 valence electrons. The number of piperazine rings is 1. The fourth-order valence-electron chi connectivity index (χ4n) is 2.98. The maximum atomic E-state index is 4.66. The molecule has 0 radical (unpaired) electrons. The van der Waals surface area contributed by atoms with Crippen molar-refractivity contribution in [3.05, 3.63) is 47.7 Å². The van der Waals surface area contributed by atoms with Crippen LogP contribution < -0.4 is 4.90 Å². The number of aromatic nitrogens is 3. The van der Waals surface area contributed by atoms with Crippen molar-refractivity contribution < 1.29 is 0 Å². The highest BCUT2D eigenvalue weighted by molar-refractivity contribution is 5.43. The fourth-order valence-corrected chi connectivity index (χ4v) is 2.98. The van der Waals surface area contributed by atoms with Gasteiger partial charge in [-0.2, -0.15) is 0 Å². The van der Waals surface area contributed by atoms with Crippen molar-refractivity contribution in [3.63, 3.8) is 0 Å². The predicted molar refractivity (Wildman–Crippen MR) is 87.9 cm³/mol. The zero-order valence-electron chi connectivity index (χ0n) is 13.5. The molecular weight excluding hydrogens is 274 g/mol. The highest BCUT2D eigenvalue weighted by atomic mass is 15.3. The Morgan fingerprint density at radius 3 is 2.55 bits per heavy atom. The SMILES string of the molecule is Cc1cnc(C)c(N2CCN([C@@H](C)c3cccnc3)CC2)n1. The molecule has 0 unspecified atom stereocenters. The largest absolute Gasteiger partial charge is 0.353 e. The molecule has 1 aliphatic heterocycles. The number of rotatable bonds is 3. The normalized spacial score (nSPS) is 17.5. The van der Waals surface area contributed by atoms with E-state index < -0.39 is 0 Å². The van der Waals surface area contributed by atoms with Gasteiger partial charge in [0.25, 0.3) is 0 Å². The van der Waals surface area contributed by atoms with Gasteiger partial charge in [0.15, 0.2) is 0 Å². The van der Waals surface area contributed by atoms with Gasteiger partial charge in [-0.05, 0) is 32.4 Å². The van der Waals surface area contributed by atoms with Gasteiger partial charge in [-0.15, -0.1) is 0 Å². The summed E-state index contributed by atoms with van der Waals surface area (Å²) >= 11 is 0. The molecule has 1 atom stereocenters. The molecule has 2 aromatic heterocycles. The van der Waals surface area contributed by atoms with Crippen LogP contribution in [0.25, 0.3) is 0 Å². The molecule has 0 spiro atoms. The molecule has 0 saturated carbocycles. The van der Waals surface area contributed by atoms with Crippen molar-refractivity contribution >= 4 is 5.82 Å². The zero-order chi connectivity index (χ0) is 15.5. The maximum absolute atomic E-state index is 4.66. The lowest BCUT2D eigenvalue weighted by Crippen LogP contribution is -2.47. The quantitative estimate of drug-likeness (QED) is 0.870. The van der Waals surface area contributed by atoms with Crippen molar-refractivity contribution in [1.82, 2.24) is 19.9 Å². The molecule has 5 nitrogen and oxygen atoms in total. The number of pyridine rings is 1. The molecule has 3 rings (SSSR count). The Morgan fingerprint density at radius 1 is 1.09 bits per heavy atom. The van der Waals surface area contributed by atoms with Crippen LogP contribution in [0.15, 0.2) is 30.7 Å². The van der Waals surface area contributed by atoms with Crippen LogP contribution in [0.3, 0.4) is 0 Å². The van der Waals surface area contributed by atoms with Gasteiger partial charge >= 0.3 is 0 Å². The highest BCUT2D eigenvalue weighted by Gasteiger charge is 2.23. The molecule has 5 heteroatoms. The van der Waals surface area contributed by atoms with Crippen LogP contribution in [-0.4, -0.2) is 46.0 Å². The zero-order valence-corrected chi connectivity index (χ0v) is 13.5. The van der Waals surface area contributed by atoms with Crippen LogP contribution >= 0.6 is 0 Å². The molecule has 22 heavy (non-hydrogen) atoms. The van der Waals surface area contributed by atoms with E-state index in [-0.39, 0.29) is 0 Å². The van der Waals surface area contributed by atoms with Crippen LogP contribution in [0.4, 0.5) is 5.82 Å². The Balaban J connectivity index is 1.66. The summed E-state index contributed by atoms with van der Waals surface area (Å²) in [5.41, 5.74) is 3.27. The average molecular weight is 297 g/mol. The molecule has 0 bridgehead atoms. The van der Waals surface area contributed by atoms with Gasteiger partial charge in [-0.25, -0.2) is 4.98 Å². The average Bonchev–Trinajstić information content (AvgIpc) is 2.57. The summed E-state index contributed by atoms with van der Waals surface area (Å²) in [6, 6.07) is 4.56. The molecular formula is C17H23N5. The van der Waals surface area contributed by atoms with E-state index in [1.807, 2.05) is 38.5 Å². The topological polar surface area (TPSA) is 45.2 Å². The van der Waals surface area contributed by atoms with E-state index in [4.69, 9.17) is 0 Å². The molecule has 3 heterocycles. The summed E-state index contributed by atoms with van der Waals surface area (Å²) in [5, 5.41) is 0. The first-order valence-corrected chi connectivity index (χ1v) is 7.84. The Kier molecular flexibility index (Phi) is 4.34. The summed E-state index contributed by atoms with van der Waals surface area (Å²) < 4.78 is 0. The summed E-state index contributed by atoms with van der Waals surface area (Å²) in [6.45, 7) is 10.3. The number of anilines is 1. The summed E-state index contributed by atoms with van der Waals surface area (Å²) in [7, 11) is 0. The third-order valence-corrected chi connectivity index (χ3v) is 4.38. The van der Waals surface area contributed by atoms with Gasteiger partial charge in [-0.3, -0.25) is 14.9 Å². The molecule has 0 N–H and O–H groups in total. The van der Waals surface area contributed by atoms with Gasteiger partial charge in [0.05, 0.1) is 11.4 Å². The van der Waals surface area contributed by atoms with Gasteiger partial charge < -0.3 is 4.90 Å². The van der Waals surface area contributed by atoms with Crippen molar-refractivity contribution in [2.45, 2.75) is 26.8 Å². The monoisotopic (exact) mass is 297 g/mol. The second kappa shape index (κ2) is 6.40. The number of hydrogen-bond donors (Lipinski definition) is 0. The summed E-state index contributed by atoms with van der Waals surface area (Å²) in [6.07, 6.45) is 5.63. The molecule has 0 aliphatic carbocycles. The first-order valence-electron chi connectivity index (χ1n) is 7.84. The van der Waals surface area contributed by atoms with E-state index in [9.17, 15) is 0 Å². The lowest BCUT2D eigenvalue weighted by Gasteiger charge is -2.39. The maximum Gasteiger partial charge on any atom is 0.150 e. The second-order valence-electron chi connectivity index (χ2n) is 5.91. The molecule has 1 aliphatic rings. The Labute approximate surface area is 132 Å². The first kappa shape index (κ1) is 14.9. The number of aryl methyl sites for hydroxylation is 2. The fraction of sp³-hybridized carbons (Fsp3) is 0.471. The van der Waals surface area contributed by atoms with Crippen LogP contribution in [0.1, 0.15) is 29.9 Å². The van der Waals surface area contributed by atoms with E-state index in [0.717, 1.165) is 43.4 Å².